The Balaban J connectivity index is 1.30. The summed E-state index contributed by atoms with van der Waals surface area (Å²) in [5, 5.41) is 0. The first-order valence-corrected chi connectivity index (χ1v) is 8.46. The monoisotopic (exact) mass is 311 g/mol. The summed E-state index contributed by atoms with van der Waals surface area (Å²) in [5.74, 6) is 0.904. The fourth-order valence-corrected chi connectivity index (χ4v) is 2.97. The second kappa shape index (κ2) is 8.70. The van der Waals surface area contributed by atoms with Gasteiger partial charge in [-0.15, -0.1) is 0 Å². The van der Waals surface area contributed by atoms with Crippen molar-refractivity contribution in [2.45, 2.75) is 12.8 Å². The molecule has 0 aromatic heterocycles. The molecule has 122 valence electrons. The van der Waals surface area contributed by atoms with E-state index in [2.05, 4.69) is 29.2 Å². The van der Waals surface area contributed by atoms with Crippen LogP contribution < -0.4 is 4.74 Å². The van der Waals surface area contributed by atoms with Gasteiger partial charge in [-0.25, -0.2) is 0 Å². The SMILES string of the molecule is c1ccc(OCCOCCN2CCc3ccccc3CC2)cc1. The molecule has 0 radical (unpaired) electrons. The van der Waals surface area contributed by atoms with Crippen molar-refractivity contribution >= 4 is 0 Å². The minimum Gasteiger partial charge on any atom is -0.491 e. The van der Waals surface area contributed by atoms with Crippen LogP contribution in [-0.4, -0.2) is 44.4 Å². The first-order valence-electron chi connectivity index (χ1n) is 8.46. The van der Waals surface area contributed by atoms with Crippen molar-refractivity contribution in [1.82, 2.24) is 4.90 Å². The smallest absolute Gasteiger partial charge is 0.119 e. The van der Waals surface area contributed by atoms with Gasteiger partial charge in [-0.05, 0) is 36.1 Å². The first kappa shape index (κ1) is 16.0. The first-order chi connectivity index (χ1) is 11.4. The Morgan fingerprint density at radius 2 is 1.39 bits per heavy atom. The van der Waals surface area contributed by atoms with E-state index >= 15 is 0 Å². The second-order valence-electron chi connectivity index (χ2n) is 5.88. The molecule has 0 amide bonds. The van der Waals surface area contributed by atoms with E-state index in [-0.39, 0.29) is 0 Å². The number of ether oxygens (including phenoxy) is 2. The van der Waals surface area contributed by atoms with E-state index in [1.807, 2.05) is 30.3 Å². The van der Waals surface area contributed by atoms with E-state index in [0.29, 0.717) is 13.2 Å². The van der Waals surface area contributed by atoms with Crippen molar-refractivity contribution in [3.63, 3.8) is 0 Å². The predicted octanol–water partition coefficient (Wildman–Crippen LogP) is 3.18. The van der Waals surface area contributed by atoms with Crippen molar-refractivity contribution in [1.29, 1.82) is 0 Å². The number of hydrogen-bond donors (Lipinski definition) is 0. The summed E-state index contributed by atoms with van der Waals surface area (Å²) in [5.41, 5.74) is 3.01. The number of benzene rings is 2. The third-order valence-corrected chi connectivity index (χ3v) is 4.30. The number of nitrogens with zero attached hydrogens (tertiary/aromatic N) is 1. The lowest BCUT2D eigenvalue weighted by molar-refractivity contribution is 0.0806. The van der Waals surface area contributed by atoms with Crippen LogP contribution in [0.2, 0.25) is 0 Å². The normalized spacial score (nSPS) is 15.0. The topological polar surface area (TPSA) is 21.7 Å². The molecule has 3 rings (SSSR count). The molecule has 1 aliphatic rings. The summed E-state index contributed by atoms with van der Waals surface area (Å²) in [6.45, 7) is 5.27. The van der Waals surface area contributed by atoms with Crippen molar-refractivity contribution in [2.24, 2.45) is 0 Å². The largest absolute Gasteiger partial charge is 0.491 e. The standard InChI is InChI=1S/C20H25NO2/c1-2-8-20(9-3-1)23-17-16-22-15-14-21-12-10-18-6-4-5-7-19(18)11-13-21/h1-9H,10-17H2. The van der Waals surface area contributed by atoms with Crippen molar-refractivity contribution in [3.8, 4) is 5.75 Å². The molecule has 0 spiro atoms. The molecule has 0 aliphatic carbocycles. The number of hydrogen-bond acceptors (Lipinski definition) is 3. The zero-order valence-corrected chi connectivity index (χ0v) is 13.6. The van der Waals surface area contributed by atoms with E-state index in [0.717, 1.165) is 44.8 Å². The maximum Gasteiger partial charge on any atom is 0.119 e. The van der Waals surface area contributed by atoms with Gasteiger partial charge in [-0.2, -0.15) is 0 Å². The molecule has 3 heteroatoms. The number of fused-ring (bicyclic) bond motifs is 1. The maximum absolute atomic E-state index is 5.71. The van der Waals surface area contributed by atoms with E-state index in [9.17, 15) is 0 Å². The minimum atomic E-state index is 0.607. The Bertz CT molecular complexity index is 558. The van der Waals surface area contributed by atoms with Crippen LogP contribution in [0.15, 0.2) is 54.6 Å². The van der Waals surface area contributed by atoms with Gasteiger partial charge in [0.25, 0.3) is 0 Å². The van der Waals surface area contributed by atoms with Crippen LogP contribution in [-0.2, 0) is 17.6 Å². The number of rotatable bonds is 7. The van der Waals surface area contributed by atoms with Crippen LogP contribution in [0.1, 0.15) is 11.1 Å². The van der Waals surface area contributed by atoms with Gasteiger partial charge < -0.3 is 14.4 Å². The summed E-state index contributed by atoms with van der Waals surface area (Å²) >= 11 is 0. The molecule has 1 heterocycles. The van der Waals surface area contributed by atoms with Gasteiger partial charge in [-0.1, -0.05) is 42.5 Å². The summed E-state index contributed by atoms with van der Waals surface area (Å²) in [7, 11) is 0. The molecule has 0 unspecified atom stereocenters. The third kappa shape index (κ3) is 5.08. The van der Waals surface area contributed by atoms with E-state index in [1.54, 1.807) is 0 Å². The van der Waals surface area contributed by atoms with E-state index in [4.69, 9.17) is 9.47 Å². The van der Waals surface area contributed by atoms with Gasteiger partial charge in [0.05, 0.1) is 13.2 Å². The lowest BCUT2D eigenvalue weighted by Gasteiger charge is -2.19. The van der Waals surface area contributed by atoms with Crippen LogP contribution in [0.4, 0.5) is 0 Å². The van der Waals surface area contributed by atoms with E-state index in [1.165, 1.54) is 11.1 Å². The van der Waals surface area contributed by atoms with Gasteiger partial charge in [-0.3, -0.25) is 0 Å². The highest BCUT2D eigenvalue weighted by Crippen LogP contribution is 2.15. The molecular weight excluding hydrogens is 286 g/mol. The van der Waals surface area contributed by atoms with Crippen LogP contribution in [0, 0.1) is 0 Å². The van der Waals surface area contributed by atoms with Gasteiger partial charge in [0, 0.05) is 19.6 Å². The molecule has 0 bridgehead atoms. The fraction of sp³-hybridized carbons (Fsp3) is 0.400. The third-order valence-electron chi connectivity index (χ3n) is 4.30. The van der Waals surface area contributed by atoms with Crippen molar-refractivity contribution in [3.05, 3.63) is 65.7 Å². The van der Waals surface area contributed by atoms with Crippen LogP contribution in [0.3, 0.4) is 0 Å². The summed E-state index contributed by atoms with van der Waals surface area (Å²) < 4.78 is 11.3. The molecule has 2 aromatic carbocycles. The summed E-state index contributed by atoms with van der Waals surface area (Å²) in [6, 6.07) is 18.7. The quantitative estimate of drug-likeness (QED) is 0.733. The molecule has 0 fully saturated rings. The summed E-state index contributed by atoms with van der Waals surface area (Å²) in [4.78, 5) is 2.50. The lowest BCUT2D eigenvalue weighted by Crippen LogP contribution is -2.30. The molecule has 0 saturated heterocycles. The molecule has 23 heavy (non-hydrogen) atoms. The minimum absolute atomic E-state index is 0.607. The Hall–Kier alpha value is -1.84. The second-order valence-corrected chi connectivity index (χ2v) is 5.88. The zero-order chi connectivity index (χ0) is 15.7. The van der Waals surface area contributed by atoms with E-state index < -0.39 is 0 Å². The highest BCUT2D eigenvalue weighted by atomic mass is 16.5. The molecule has 0 atom stereocenters. The maximum atomic E-state index is 5.71. The van der Waals surface area contributed by atoms with Gasteiger partial charge in [0.15, 0.2) is 0 Å². The molecular formula is C20H25NO2. The average molecular weight is 311 g/mol. The van der Waals surface area contributed by atoms with Crippen LogP contribution in [0.25, 0.3) is 0 Å². The lowest BCUT2D eigenvalue weighted by atomic mass is 10.0. The Labute approximate surface area is 138 Å². The Morgan fingerprint density at radius 3 is 2.09 bits per heavy atom. The molecule has 1 aliphatic heterocycles. The Morgan fingerprint density at radius 1 is 0.739 bits per heavy atom. The average Bonchev–Trinajstić information content (AvgIpc) is 2.81. The van der Waals surface area contributed by atoms with Gasteiger partial charge >= 0.3 is 0 Å². The van der Waals surface area contributed by atoms with Crippen molar-refractivity contribution in [2.75, 3.05) is 39.5 Å². The van der Waals surface area contributed by atoms with Crippen LogP contribution >= 0.6 is 0 Å². The van der Waals surface area contributed by atoms with Crippen LogP contribution in [0.5, 0.6) is 5.75 Å². The highest BCUT2D eigenvalue weighted by molar-refractivity contribution is 5.28. The van der Waals surface area contributed by atoms with Gasteiger partial charge in [0.1, 0.15) is 12.4 Å². The molecule has 2 aromatic rings. The zero-order valence-electron chi connectivity index (χ0n) is 13.6. The fourth-order valence-electron chi connectivity index (χ4n) is 2.97. The predicted molar refractivity (Wildman–Crippen MR) is 93.0 cm³/mol. The molecule has 3 nitrogen and oxygen atoms in total. The highest BCUT2D eigenvalue weighted by Gasteiger charge is 2.12. The Kier molecular flexibility index (Phi) is 6.07. The number of para-hydroxylation sites is 1. The summed E-state index contributed by atoms with van der Waals surface area (Å²) in [6.07, 6.45) is 2.29. The molecule has 0 N–H and O–H groups in total. The molecule has 0 saturated carbocycles. The van der Waals surface area contributed by atoms with Gasteiger partial charge in [0.2, 0.25) is 0 Å². The van der Waals surface area contributed by atoms with Crippen molar-refractivity contribution < 1.29 is 9.47 Å².